The second-order valence-electron chi connectivity index (χ2n) is 5.67. The molecule has 1 aliphatic rings. The third kappa shape index (κ3) is 3.39. The second kappa shape index (κ2) is 7.31. The molecule has 0 spiro atoms. The van der Waals surface area contributed by atoms with Crippen LogP contribution in [-0.2, 0) is 9.53 Å². The van der Waals surface area contributed by atoms with Crippen molar-refractivity contribution in [3.8, 4) is 17.2 Å². The highest BCUT2D eigenvalue weighted by Gasteiger charge is 2.20. The van der Waals surface area contributed by atoms with Crippen molar-refractivity contribution in [1.29, 1.82) is 0 Å². The van der Waals surface area contributed by atoms with Gasteiger partial charge in [0.25, 0.3) is 0 Å². The number of methoxy groups -OCH3 is 2. The summed E-state index contributed by atoms with van der Waals surface area (Å²) in [6, 6.07) is 10.1. The van der Waals surface area contributed by atoms with Gasteiger partial charge in [-0.15, -0.1) is 0 Å². The lowest BCUT2D eigenvalue weighted by molar-refractivity contribution is -0.133. The monoisotopic (exact) mass is 354 g/mol. The van der Waals surface area contributed by atoms with E-state index in [0.29, 0.717) is 28.4 Å². The Hall–Kier alpha value is -3.28. The third-order valence-corrected chi connectivity index (χ3v) is 4.04. The summed E-state index contributed by atoms with van der Waals surface area (Å²) in [6.45, 7) is 1.97. The average Bonchev–Trinajstić information content (AvgIpc) is 3.12. The maximum atomic E-state index is 12.7. The van der Waals surface area contributed by atoms with Crippen LogP contribution in [-0.4, -0.2) is 32.8 Å². The molecule has 0 aliphatic carbocycles. The molecular weight excluding hydrogens is 336 g/mol. The van der Waals surface area contributed by atoms with E-state index >= 15 is 0 Å². The number of ketones is 1. The number of hydrogen-bond acceptors (Lipinski definition) is 6. The first-order chi connectivity index (χ1) is 12.5. The molecule has 1 aliphatic heterocycles. The first-order valence-corrected chi connectivity index (χ1v) is 7.92. The summed E-state index contributed by atoms with van der Waals surface area (Å²) in [7, 11) is 2.84. The number of carbonyl (C=O) groups excluding carboxylic acids is 2. The highest BCUT2D eigenvalue weighted by molar-refractivity contribution is 6.24. The number of aryl methyl sites for hydroxylation is 1. The van der Waals surface area contributed by atoms with Gasteiger partial charge >= 0.3 is 5.97 Å². The number of benzene rings is 2. The molecule has 0 saturated heterocycles. The Labute approximate surface area is 150 Å². The van der Waals surface area contributed by atoms with Gasteiger partial charge in [-0.1, -0.05) is 6.07 Å². The molecular formula is C20H18O6. The van der Waals surface area contributed by atoms with E-state index in [1.807, 2.05) is 6.92 Å². The number of ether oxygens (including phenoxy) is 4. The van der Waals surface area contributed by atoms with Crippen LogP contribution >= 0.6 is 0 Å². The largest absolute Gasteiger partial charge is 0.496 e. The normalized spacial score (nSPS) is 12.7. The van der Waals surface area contributed by atoms with E-state index in [0.717, 1.165) is 5.56 Å². The molecule has 2 aromatic rings. The molecule has 6 heteroatoms. The van der Waals surface area contributed by atoms with Gasteiger partial charge in [-0.25, -0.2) is 4.79 Å². The van der Waals surface area contributed by atoms with Crippen molar-refractivity contribution in [2.75, 3.05) is 21.0 Å². The zero-order valence-electron chi connectivity index (χ0n) is 14.7. The van der Waals surface area contributed by atoms with Crippen LogP contribution in [0.2, 0.25) is 0 Å². The first-order valence-electron chi connectivity index (χ1n) is 7.92. The average molecular weight is 354 g/mol. The van der Waals surface area contributed by atoms with Crippen LogP contribution in [0.25, 0.3) is 5.57 Å². The van der Waals surface area contributed by atoms with Crippen LogP contribution in [0, 0.1) is 6.92 Å². The number of carbonyl (C=O) groups is 2. The molecule has 3 rings (SSSR count). The van der Waals surface area contributed by atoms with Crippen LogP contribution in [0.4, 0.5) is 0 Å². The Morgan fingerprint density at radius 3 is 2.42 bits per heavy atom. The van der Waals surface area contributed by atoms with Crippen molar-refractivity contribution in [3.63, 3.8) is 0 Å². The van der Waals surface area contributed by atoms with Gasteiger partial charge in [-0.05, 0) is 48.4 Å². The highest BCUT2D eigenvalue weighted by Crippen LogP contribution is 2.34. The molecule has 1 heterocycles. The summed E-state index contributed by atoms with van der Waals surface area (Å²) >= 11 is 0. The predicted molar refractivity (Wildman–Crippen MR) is 94.6 cm³/mol. The maximum absolute atomic E-state index is 12.7. The van der Waals surface area contributed by atoms with E-state index in [1.54, 1.807) is 43.5 Å². The zero-order valence-corrected chi connectivity index (χ0v) is 14.7. The van der Waals surface area contributed by atoms with Gasteiger partial charge in [-0.2, -0.15) is 0 Å². The Morgan fingerprint density at radius 2 is 1.73 bits per heavy atom. The van der Waals surface area contributed by atoms with Gasteiger partial charge in [0.15, 0.2) is 17.3 Å². The lowest BCUT2D eigenvalue weighted by atomic mass is 10.0. The van der Waals surface area contributed by atoms with Crippen molar-refractivity contribution >= 4 is 17.3 Å². The molecule has 0 amide bonds. The van der Waals surface area contributed by atoms with Crippen LogP contribution in [0.5, 0.6) is 17.2 Å². The molecule has 0 bridgehead atoms. The third-order valence-electron chi connectivity index (χ3n) is 4.04. The molecule has 26 heavy (non-hydrogen) atoms. The fourth-order valence-corrected chi connectivity index (χ4v) is 2.68. The van der Waals surface area contributed by atoms with Crippen molar-refractivity contribution in [2.45, 2.75) is 6.92 Å². The van der Waals surface area contributed by atoms with Gasteiger partial charge in [0.2, 0.25) is 6.79 Å². The molecule has 0 fully saturated rings. The predicted octanol–water partition coefficient (Wildman–Crippen LogP) is 3.17. The van der Waals surface area contributed by atoms with Crippen molar-refractivity contribution < 1.29 is 28.5 Å². The first kappa shape index (κ1) is 17.5. The topological polar surface area (TPSA) is 71.1 Å². The van der Waals surface area contributed by atoms with E-state index in [1.165, 1.54) is 13.2 Å². The van der Waals surface area contributed by atoms with Gasteiger partial charge in [0.1, 0.15) is 5.75 Å². The standard InChI is InChI=1S/C20H18O6/c1-12-8-14(5-6-17(12)23-2)16(21)10-15(20(22)24-3)13-4-7-18-19(9-13)26-11-25-18/h4-10H,11H2,1-3H3/b15-10-. The molecule has 0 atom stereocenters. The zero-order chi connectivity index (χ0) is 18.7. The molecule has 0 aromatic heterocycles. The number of hydrogen-bond donors (Lipinski definition) is 0. The summed E-state index contributed by atoms with van der Waals surface area (Å²) in [4.78, 5) is 24.9. The summed E-state index contributed by atoms with van der Waals surface area (Å²) in [5.74, 6) is 0.880. The maximum Gasteiger partial charge on any atom is 0.338 e. The van der Waals surface area contributed by atoms with E-state index in [4.69, 9.17) is 18.9 Å². The molecule has 134 valence electrons. The molecule has 0 saturated carbocycles. The number of esters is 1. The van der Waals surface area contributed by atoms with E-state index in [-0.39, 0.29) is 18.1 Å². The van der Waals surface area contributed by atoms with Crippen molar-refractivity contribution in [2.24, 2.45) is 0 Å². The molecule has 6 nitrogen and oxygen atoms in total. The molecule has 0 unspecified atom stereocenters. The Balaban J connectivity index is 1.98. The summed E-state index contributed by atoms with van der Waals surface area (Å²) in [6.07, 6.45) is 1.27. The van der Waals surface area contributed by atoms with E-state index in [2.05, 4.69) is 0 Å². The number of fused-ring (bicyclic) bond motifs is 1. The Kier molecular flexibility index (Phi) is 4.93. The van der Waals surface area contributed by atoms with Crippen molar-refractivity contribution in [3.05, 3.63) is 59.2 Å². The summed E-state index contributed by atoms with van der Waals surface area (Å²) < 4.78 is 20.6. The second-order valence-corrected chi connectivity index (χ2v) is 5.67. The SMILES string of the molecule is COC(=O)/C(=C\C(=O)c1ccc(OC)c(C)c1)c1ccc2c(c1)OCO2. The number of allylic oxidation sites excluding steroid dienone is 1. The van der Waals surface area contributed by atoms with Gasteiger partial charge in [0, 0.05) is 11.6 Å². The molecule has 2 aromatic carbocycles. The van der Waals surface area contributed by atoms with Gasteiger partial charge in [-0.3, -0.25) is 4.79 Å². The van der Waals surface area contributed by atoms with Crippen LogP contribution in [0.3, 0.4) is 0 Å². The van der Waals surface area contributed by atoms with Crippen LogP contribution in [0.15, 0.2) is 42.5 Å². The lowest BCUT2D eigenvalue weighted by Crippen LogP contribution is -2.07. The smallest absolute Gasteiger partial charge is 0.338 e. The van der Waals surface area contributed by atoms with E-state index in [9.17, 15) is 9.59 Å². The van der Waals surface area contributed by atoms with Crippen LogP contribution < -0.4 is 14.2 Å². The molecule has 0 radical (unpaired) electrons. The minimum atomic E-state index is -0.609. The quantitative estimate of drug-likeness (QED) is 0.467. The fourth-order valence-electron chi connectivity index (χ4n) is 2.68. The summed E-state index contributed by atoms with van der Waals surface area (Å²) in [5, 5.41) is 0. The summed E-state index contributed by atoms with van der Waals surface area (Å²) in [5.41, 5.74) is 1.93. The van der Waals surface area contributed by atoms with Crippen molar-refractivity contribution in [1.82, 2.24) is 0 Å². The highest BCUT2D eigenvalue weighted by atomic mass is 16.7. The fraction of sp³-hybridized carbons (Fsp3) is 0.200. The van der Waals surface area contributed by atoms with Crippen LogP contribution in [0.1, 0.15) is 21.5 Å². The minimum Gasteiger partial charge on any atom is -0.496 e. The molecule has 0 N–H and O–H groups in total. The Bertz CT molecular complexity index is 897. The Morgan fingerprint density at radius 1 is 1.00 bits per heavy atom. The van der Waals surface area contributed by atoms with Gasteiger partial charge < -0.3 is 18.9 Å². The lowest BCUT2D eigenvalue weighted by Gasteiger charge is -2.08. The van der Waals surface area contributed by atoms with E-state index < -0.39 is 5.97 Å². The minimum absolute atomic E-state index is 0.125. The number of rotatable bonds is 5. The van der Waals surface area contributed by atoms with Gasteiger partial charge in [0.05, 0.1) is 19.8 Å².